The molecule has 26 heavy (non-hydrogen) atoms. The third-order valence-corrected chi connectivity index (χ3v) is 5.87. The lowest BCUT2D eigenvalue weighted by molar-refractivity contribution is -0.140. The molecule has 1 heterocycles. The van der Waals surface area contributed by atoms with Crippen LogP contribution in [0.15, 0.2) is 24.3 Å². The minimum atomic E-state index is -1.14. The first-order valence-electron chi connectivity index (χ1n) is 9.28. The number of rotatable bonds is 6. The van der Waals surface area contributed by atoms with Gasteiger partial charge in [-0.05, 0) is 49.8 Å². The second kappa shape index (κ2) is 7.95. The maximum Gasteiger partial charge on any atom is 0.225 e. The molecule has 0 spiro atoms. The molecule has 1 aromatic carbocycles. The molecule has 0 radical (unpaired) electrons. The van der Waals surface area contributed by atoms with Gasteiger partial charge in [-0.25, -0.2) is 4.39 Å². The van der Waals surface area contributed by atoms with Crippen molar-refractivity contribution in [1.82, 2.24) is 9.80 Å². The number of halogens is 2. The van der Waals surface area contributed by atoms with Crippen LogP contribution >= 0.6 is 11.6 Å². The predicted molar refractivity (Wildman–Crippen MR) is 99.7 cm³/mol. The van der Waals surface area contributed by atoms with Gasteiger partial charge in [-0.15, -0.1) is 0 Å². The van der Waals surface area contributed by atoms with Crippen molar-refractivity contribution in [2.24, 2.45) is 5.92 Å². The van der Waals surface area contributed by atoms with Crippen LogP contribution in [-0.2, 0) is 16.0 Å². The van der Waals surface area contributed by atoms with E-state index in [0.717, 1.165) is 24.9 Å². The van der Waals surface area contributed by atoms with Crippen molar-refractivity contribution in [3.8, 4) is 0 Å². The maximum absolute atomic E-state index is 13.2. The summed E-state index contributed by atoms with van der Waals surface area (Å²) in [6, 6.07) is 7.65. The maximum atomic E-state index is 13.2. The highest BCUT2D eigenvalue weighted by Crippen LogP contribution is 2.40. The van der Waals surface area contributed by atoms with E-state index in [1.807, 2.05) is 29.2 Å². The van der Waals surface area contributed by atoms with Crippen LogP contribution in [0.1, 0.15) is 38.2 Å². The summed E-state index contributed by atoms with van der Waals surface area (Å²) in [4.78, 5) is 28.5. The Morgan fingerprint density at radius 2 is 2.15 bits per heavy atom. The normalized spacial score (nSPS) is 25.4. The van der Waals surface area contributed by atoms with Gasteiger partial charge < -0.3 is 9.80 Å². The van der Waals surface area contributed by atoms with Crippen LogP contribution < -0.4 is 0 Å². The highest BCUT2D eigenvalue weighted by molar-refractivity contribution is 6.30. The number of nitrogens with zero attached hydrogens (tertiary/aromatic N) is 2. The van der Waals surface area contributed by atoms with Gasteiger partial charge in [0.2, 0.25) is 11.8 Å². The third-order valence-electron chi connectivity index (χ3n) is 5.63. The molecule has 0 N–H and O–H groups in total. The largest absolute Gasteiger partial charge is 0.341 e. The first-order valence-corrected chi connectivity index (χ1v) is 9.66. The number of hydrogen-bond donors (Lipinski definition) is 0. The summed E-state index contributed by atoms with van der Waals surface area (Å²) in [5.41, 5.74) is 1.05. The number of carbonyl (C=O) groups excluding carboxylic acids is 2. The molecule has 2 aliphatic rings. The van der Waals surface area contributed by atoms with Crippen LogP contribution in [0.25, 0.3) is 0 Å². The minimum absolute atomic E-state index is 0.00937. The summed E-state index contributed by atoms with van der Waals surface area (Å²) < 4.78 is 13.2. The Labute approximate surface area is 159 Å². The molecule has 4 nitrogen and oxygen atoms in total. The van der Waals surface area contributed by atoms with Crippen molar-refractivity contribution in [3.05, 3.63) is 34.9 Å². The molecule has 0 unspecified atom stereocenters. The molecule has 1 saturated carbocycles. The Balaban J connectivity index is 1.59. The van der Waals surface area contributed by atoms with E-state index in [9.17, 15) is 14.0 Å². The summed E-state index contributed by atoms with van der Waals surface area (Å²) in [6.45, 7) is 2.18. The van der Waals surface area contributed by atoms with E-state index in [-0.39, 0.29) is 30.3 Å². The van der Waals surface area contributed by atoms with Crippen molar-refractivity contribution in [2.45, 2.75) is 57.3 Å². The summed E-state index contributed by atoms with van der Waals surface area (Å²) in [6.07, 6.45) is 1.72. The van der Waals surface area contributed by atoms with Gasteiger partial charge >= 0.3 is 0 Å². The van der Waals surface area contributed by atoms with Gasteiger partial charge in [0.1, 0.15) is 6.17 Å². The number of amides is 2. The first-order chi connectivity index (χ1) is 12.3. The van der Waals surface area contributed by atoms with Gasteiger partial charge in [0.05, 0.1) is 18.5 Å². The molecule has 3 rings (SSSR count). The van der Waals surface area contributed by atoms with E-state index in [4.69, 9.17) is 11.6 Å². The van der Waals surface area contributed by atoms with E-state index in [1.165, 1.54) is 6.92 Å². The van der Waals surface area contributed by atoms with Crippen LogP contribution in [0.5, 0.6) is 0 Å². The summed E-state index contributed by atoms with van der Waals surface area (Å²) in [7, 11) is 1.74. The van der Waals surface area contributed by atoms with Crippen molar-refractivity contribution < 1.29 is 14.0 Å². The molecule has 1 aliphatic heterocycles. The van der Waals surface area contributed by atoms with Crippen LogP contribution in [0.2, 0.25) is 5.02 Å². The molecule has 2 fully saturated rings. The molecular weight excluding hydrogens is 355 g/mol. The minimum Gasteiger partial charge on any atom is -0.341 e. The van der Waals surface area contributed by atoms with Crippen molar-refractivity contribution in [3.63, 3.8) is 0 Å². The molecular formula is C20H26ClFN2O2. The topological polar surface area (TPSA) is 40.6 Å². The van der Waals surface area contributed by atoms with Gasteiger partial charge in [-0.1, -0.05) is 23.7 Å². The van der Waals surface area contributed by atoms with Crippen molar-refractivity contribution >= 4 is 23.4 Å². The van der Waals surface area contributed by atoms with Crippen LogP contribution in [0, 0.1) is 5.92 Å². The Morgan fingerprint density at radius 1 is 1.38 bits per heavy atom. The standard InChI is InChI=1S/C20H26ClFN2O2/c1-13(22)8-20(26)23(2)17-10-15-11-18(17)24(12-15)19(25)7-6-14-4-3-5-16(21)9-14/h3-5,9,13,15,17-18H,6-8,10-12H2,1-2H3/t13-,15-,17+,18-/m0/s1. The zero-order valence-electron chi connectivity index (χ0n) is 15.3. The SMILES string of the molecule is C[C@H](F)CC(=O)N(C)[C@@H]1C[C@H]2C[C@@H]1N(C(=O)CCc1cccc(Cl)c1)C2. The number of hydrogen-bond acceptors (Lipinski definition) is 2. The van der Waals surface area contributed by atoms with Gasteiger partial charge in [0, 0.05) is 25.0 Å². The van der Waals surface area contributed by atoms with Crippen LogP contribution in [0.4, 0.5) is 4.39 Å². The Hall–Kier alpha value is -1.62. The zero-order valence-corrected chi connectivity index (χ0v) is 16.1. The highest BCUT2D eigenvalue weighted by atomic mass is 35.5. The monoisotopic (exact) mass is 380 g/mol. The Morgan fingerprint density at radius 3 is 2.81 bits per heavy atom. The van der Waals surface area contributed by atoms with Gasteiger partial charge in [0.15, 0.2) is 0 Å². The van der Waals surface area contributed by atoms with Crippen molar-refractivity contribution in [1.29, 1.82) is 0 Å². The predicted octanol–water partition coefficient (Wildman–Crippen LogP) is 3.47. The summed E-state index contributed by atoms with van der Waals surface area (Å²) in [5.74, 6) is 0.393. The number of benzene rings is 1. The van der Waals surface area contributed by atoms with Crippen LogP contribution in [0.3, 0.4) is 0 Å². The molecule has 6 heteroatoms. The Kier molecular flexibility index (Phi) is 5.86. The van der Waals surface area contributed by atoms with E-state index >= 15 is 0 Å². The van der Waals surface area contributed by atoms with E-state index in [1.54, 1.807) is 11.9 Å². The average molecular weight is 381 g/mol. The molecule has 0 aromatic heterocycles. The molecule has 4 atom stereocenters. The fourth-order valence-corrected chi connectivity index (χ4v) is 4.56. The second-order valence-electron chi connectivity index (χ2n) is 7.64. The first kappa shape index (κ1) is 19.2. The Bertz CT molecular complexity index is 682. The quantitative estimate of drug-likeness (QED) is 0.758. The molecule has 1 aliphatic carbocycles. The smallest absolute Gasteiger partial charge is 0.225 e. The molecule has 2 amide bonds. The second-order valence-corrected chi connectivity index (χ2v) is 8.07. The number of aryl methyl sites for hydroxylation is 1. The number of likely N-dealkylation sites (tertiary alicyclic amines) is 1. The molecule has 2 bridgehead atoms. The highest BCUT2D eigenvalue weighted by Gasteiger charge is 2.48. The fourth-order valence-electron chi connectivity index (χ4n) is 4.35. The average Bonchev–Trinajstić information content (AvgIpc) is 3.19. The summed E-state index contributed by atoms with van der Waals surface area (Å²) >= 11 is 6.00. The van der Waals surface area contributed by atoms with Gasteiger partial charge in [0.25, 0.3) is 0 Å². The lowest BCUT2D eigenvalue weighted by Crippen LogP contribution is -2.52. The van der Waals surface area contributed by atoms with Gasteiger partial charge in [-0.3, -0.25) is 9.59 Å². The molecule has 142 valence electrons. The molecule has 1 aromatic rings. The lowest BCUT2D eigenvalue weighted by atomic mass is 10.0. The molecule has 1 saturated heterocycles. The number of likely N-dealkylation sites (N-methyl/N-ethyl adjacent to an activating group) is 1. The summed E-state index contributed by atoms with van der Waals surface area (Å²) in [5, 5.41) is 0.678. The number of alkyl halides is 1. The van der Waals surface area contributed by atoms with Crippen LogP contribution in [-0.4, -0.2) is 53.5 Å². The lowest BCUT2D eigenvalue weighted by Gasteiger charge is -2.38. The number of piperidine rings is 1. The van der Waals surface area contributed by atoms with Gasteiger partial charge in [-0.2, -0.15) is 0 Å². The zero-order chi connectivity index (χ0) is 18.8. The van der Waals surface area contributed by atoms with Crippen molar-refractivity contribution in [2.75, 3.05) is 13.6 Å². The fraction of sp³-hybridized carbons (Fsp3) is 0.600. The van der Waals surface area contributed by atoms with E-state index in [0.29, 0.717) is 23.8 Å². The van der Waals surface area contributed by atoms with E-state index in [2.05, 4.69) is 0 Å². The number of fused-ring (bicyclic) bond motifs is 2. The number of carbonyl (C=O) groups is 2. The van der Waals surface area contributed by atoms with E-state index < -0.39 is 6.17 Å². The third kappa shape index (κ3) is 4.20.